The van der Waals surface area contributed by atoms with E-state index in [1.807, 2.05) is 12.1 Å². The first kappa shape index (κ1) is 11.7. The lowest BCUT2D eigenvalue weighted by Gasteiger charge is -2.27. The van der Waals surface area contributed by atoms with Crippen LogP contribution in [-0.2, 0) is 0 Å². The van der Waals surface area contributed by atoms with Crippen molar-refractivity contribution in [1.29, 1.82) is 0 Å². The third-order valence-corrected chi connectivity index (χ3v) is 3.70. The van der Waals surface area contributed by atoms with Gasteiger partial charge in [0.15, 0.2) is 0 Å². The summed E-state index contributed by atoms with van der Waals surface area (Å²) >= 11 is 6.37. The molecule has 0 aromatic heterocycles. The highest BCUT2D eigenvalue weighted by Gasteiger charge is 2.24. The summed E-state index contributed by atoms with van der Waals surface area (Å²) in [5, 5.41) is 0.893. The number of hydrogen-bond acceptors (Lipinski definition) is 2. The largest absolute Gasteiger partial charge is 0.374 e. The minimum atomic E-state index is 0.439. The number of halogens is 1. The lowest BCUT2D eigenvalue weighted by atomic mass is 10.0. The Morgan fingerprint density at radius 2 is 2.12 bits per heavy atom. The summed E-state index contributed by atoms with van der Waals surface area (Å²) in [6.45, 7) is 1.11. The minimum absolute atomic E-state index is 0.439. The van der Waals surface area contributed by atoms with E-state index < -0.39 is 0 Å². The van der Waals surface area contributed by atoms with Crippen LogP contribution < -0.4 is 4.90 Å². The van der Waals surface area contributed by atoms with Gasteiger partial charge in [-0.2, -0.15) is 0 Å². The molecule has 2 rings (SSSR count). The summed E-state index contributed by atoms with van der Waals surface area (Å²) in [5.74, 6) is 0. The zero-order chi connectivity index (χ0) is 11.7. The molecule has 1 heterocycles. The Balaban J connectivity index is 2.53. The second-order valence-corrected chi connectivity index (χ2v) is 5.12. The van der Waals surface area contributed by atoms with E-state index in [9.17, 15) is 0 Å². The lowest BCUT2D eigenvalue weighted by Crippen LogP contribution is -2.21. The fourth-order valence-electron chi connectivity index (χ4n) is 2.49. The van der Waals surface area contributed by atoms with Crippen molar-refractivity contribution in [1.82, 2.24) is 4.90 Å². The maximum Gasteiger partial charge on any atom is 0.0474 e. The van der Waals surface area contributed by atoms with Crippen LogP contribution in [0.5, 0.6) is 0 Å². The number of benzene rings is 1. The first-order valence-electron chi connectivity index (χ1n) is 5.77. The highest BCUT2D eigenvalue weighted by Crippen LogP contribution is 2.39. The summed E-state index contributed by atoms with van der Waals surface area (Å²) in [6.07, 6.45) is 2.39. The molecule has 0 N–H and O–H groups in total. The van der Waals surface area contributed by atoms with Gasteiger partial charge in [0.05, 0.1) is 0 Å². The van der Waals surface area contributed by atoms with Gasteiger partial charge >= 0.3 is 0 Å². The topological polar surface area (TPSA) is 6.48 Å². The molecule has 3 heteroatoms. The molecule has 16 heavy (non-hydrogen) atoms. The van der Waals surface area contributed by atoms with Crippen LogP contribution in [0.15, 0.2) is 18.2 Å². The maximum atomic E-state index is 6.37. The van der Waals surface area contributed by atoms with E-state index in [4.69, 9.17) is 11.6 Å². The van der Waals surface area contributed by atoms with Gasteiger partial charge in [0, 0.05) is 35.9 Å². The zero-order valence-electron chi connectivity index (χ0n) is 10.2. The van der Waals surface area contributed by atoms with E-state index in [2.05, 4.69) is 37.0 Å². The van der Waals surface area contributed by atoms with E-state index in [1.54, 1.807) is 0 Å². The Labute approximate surface area is 103 Å². The normalized spacial score (nSPS) is 20.8. The third kappa shape index (κ3) is 2.04. The molecule has 0 amide bonds. The van der Waals surface area contributed by atoms with Crippen LogP contribution in [0, 0.1) is 0 Å². The molecule has 2 nitrogen and oxygen atoms in total. The molecule has 0 radical (unpaired) electrons. The molecule has 0 aliphatic carbocycles. The van der Waals surface area contributed by atoms with Crippen LogP contribution in [0.4, 0.5) is 5.69 Å². The number of anilines is 1. The predicted octanol–water partition coefficient (Wildman–Crippen LogP) is 3.17. The Morgan fingerprint density at radius 3 is 2.81 bits per heavy atom. The van der Waals surface area contributed by atoms with Crippen molar-refractivity contribution in [2.45, 2.75) is 18.9 Å². The summed E-state index contributed by atoms with van der Waals surface area (Å²) in [7, 11) is 6.40. The van der Waals surface area contributed by atoms with Crippen molar-refractivity contribution in [2.24, 2.45) is 0 Å². The van der Waals surface area contributed by atoms with E-state index >= 15 is 0 Å². The molecule has 0 saturated carbocycles. The van der Waals surface area contributed by atoms with Gasteiger partial charge in [0.1, 0.15) is 0 Å². The Bertz CT molecular complexity index is 376. The molecule has 0 fully saturated rings. The van der Waals surface area contributed by atoms with Crippen molar-refractivity contribution < 1.29 is 0 Å². The van der Waals surface area contributed by atoms with Gasteiger partial charge in [-0.05, 0) is 39.1 Å². The van der Waals surface area contributed by atoms with Crippen molar-refractivity contribution in [3.8, 4) is 0 Å². The Hall–Kier alpha value is -0.730. The highest BCUT2D eigenvalue weighted by atomic mass is 35.5. The Kier molecular flexibility index (Phi) is 3.41. The fraction of sp³-hybridized carbons (Fsp3) is 0.538. The molecule has 1 aliphatic heterocycles. The predicted molar refractivity (Wildman–Crippen MR) is 70.4 cm³/mol. The van der Waals surface area contributed by atoms with Crippen LogP contribution in [0.3, 0.4) is 0 Å². The Morgan fingerprint density at radius 1 is 1.38 bits per heavy atom. The van der Waals surface area contributed by atoms with Gasteiger partial charge in [-0.25, -0.2) is 0 Å². The third-order valence-electron chi connectivity index (χ3n) is 3.37. The average Bonchev–Trinajstić information content (AvgIpc) is 2.40. The standard InChI is InChI=1S/C13H19ClN2/c1-15(2)11-8-5-9-16(3)12-7-4-6-10(14)13(11)12/h4,6-7,11H,5,8-9H2,1-3H3. The molecule has 1 aliphatic rings. The number of hydrogen-bond donors (Lipinski definition) is 0. The molecular formula is C13H19ClN2. The van der Waals surface area contributed by atoms with Crippen molar-refractivity contribution in [2.75, 3.05) is 32.6 Å². The van der Waals surface area contributed by atoms with Gasteiger partial charge in [-0.3, -0.25) is 0 Å². The molecule has 0 saturated heterocycles. The van der Waals surface area contributed by atoms with Crippen molar-refractivity contribution >= 4 is 17.3 Å². The first-order chi connectivity index (χ1) is 7.61. The van der Waals surface area contributed by atoms with Gasteiger partial charge in [-0.15, -0.1) is 0 Å². The smallest absolute Gasteiger partial charge is 0.0474 e. The van der Waals surface area contributed by atoms with Crippen LogP contribution >= 0.6 is 11.6 Å². The van der Waals surface area contributed by atoms with Crippen LogP contribution in [0.1, 0.15) is 24.4 Å². The number of rotatable bonds is 1. The van der Waals surface area contributed by atoms with Crippen LogP contribution in [0.25, 0.3) is 0 Å². The lowest BCUT2D eigenvalue weighted by molar-refractivity contribution is 0.284. The summed E-state index contributed by atoms with van der Waals surface area (Å²) in [4.78, 5) is 4.58. The molecule has 1 atom stereocenters. The quantitative estimate of drug-likeness (QED) is 0.742. The average molecular weight is 239 g/mol. The van der Waals surface area contributed by atoms with Gasteiger partial charge in [0.25, 0.3) is 0 Å². The molecule has 88 valence electrons. The minimum Gasteiger partial charge on any atom is -0.374 e. The molecule has 1 aromatic carbocycles. The highest BCUT2D eigenvalue weighted by molar-refractivity contribution is 6.31. The molecule has 0 bridgehead atoms. The SMILES string of the molecule is CN1CCCC(N(C)C)c2c(Cl)cccc21. The molecule has 0 spiro atoms. The summed E-state index contributed by atoms with van der Waals surface area (Å²) < 4.78 is 0. The second kappa shape index (κ2) is 4.64. The zero-order valence-corrected chi connectivity index (χ0v) is 11.0. The van der Waals surface area contributed by atoms with Crippen LogP contribution in [0.2, 0.25) is 5.02 Å². The molecule has 1 unspecified atom stereocenters. The van der Waals surface area contributed by atoms with Crippen molar-refractivity contribution in [3.05, 3.63) is 28.8 Å². The summed E-state index contributed by atoms with van der Waals surface area (Å²) in [5.41, 5.74) is 2.57. The first-order valence-corrected chi connectivity index (χ1v) is 6.15. The number of nitrogens with zero attached hydrogens (tertiary/aromatic N) is 2. The monoisotopic (exact) mass is 238 g/mol. The van der Waals surface area contributed by atoms with Gasteiger partial charge < -0.3 is 9.80 Å². The maximum absolute atomic E-state index is 6.37. The molecular weight excluding hydrogens is 220 g/mol. The summed E-state index contributed by atoms with van der Waals surface area (Å²) in [6, 6.07) is 6.64. The van der Waals surface area contributed by atoms with E-state index in [1.165, 1.54) is 24.1 Å². The van der Waals surface area contributed by atoms with E-state index in [0.29, 0.717) is 6.04 Å². The number of fused-ring (bicyclic) bond motifs is 1. The second-order valence-electron chi connectivity index (χ2n) is 4.72. The van der Waals surface area contributed by atoms with E-state index in [-0.39, 0.29) is 0 Å². The van der Waals surface area contributed by atoms with Gasteiger partial charge in [-0.1, -0.05) is 17.7 Å². The van der Waals surface area contributed by atoms with E-state index in [0.717, 1.165) is 11.6 Å². The van der Waals surface area contributed by atoms with Crippen molar-refractivity contribution in [3.63, 3.8) is 0 Å². The van der Waals surface area contributed by atoms with Crippen LogP contribution in [-0.4, -0.2) is 32.6 Å². The van der Waals surface area contributed by atoms with Gasteiger partial charge in [0.2, 0.25) is 0 Å². The fourth-order valence-corrected chi connectivity index (χ4v) is 2.79. The molecule has 1 aromatic rings.